The minimum absolute atomic E-state index is 0.171. The van der Waals surface area contributed by atoms with Crippen molar-refractivity contribution >= 4 is 15.9 Å². The maximum absolute atomic E-state index is 13.1. The smallest absolute Gasteiger partial charge is 0.254 e. The largest absolute Gasteiger partial charge is 0.496 e. The van der Waals surface area contributed by atoms with Crippen LogP contribution < -0.4 is 9.47 Å². The number of methoxy groups -OCH3 is 2. The van der Waals surface area contributed by atoms with Gasteiger partial charge in [0.25, 0.3) is 5.91 Å². The van der Waals surface area contributed by atoms with Crippen LogP contribution in [-0.2, 0) is 10.0 Å². The molecule has 3 rings (SSSR count). The molecule has 1 aliphatic heterocycles. The Bertz CT molecular complexity index is 1030. The standard InChI is InChI=1S/C22H28N2O5S/c1-15-6-7-16(2)21(12-15)30(26,27)24-10-8-23(9-11-24)22(25)18-13-19(28-4)17(3)20(14-18)29-5/h6-7,12-14H,8-11H2,1-5H3. The summed E-state index contributed by atoms with van der Waals surface area (Å²) >= 11 is 0. The van der Waals surface area contributed by atoms with Crippen molar-refractivity contribution in [1.29, 1.82) is 0 Å². The summed E-state index contributed by atoms with van der Waals surface area (Å²) in [5.41, 5.74) is 2.90. The predicted molar refractivity (Wildman–Crippen MR) is 115 cm³/mol. The topological polar surface area (TPSA) is 76.2 Å². The second-order valence-corrected chi connectivity index (χ2v) is 9.38. The lowest BCUT2D eigenvalue weighted by Gasteiger charge is -2.34. The fraction of sp³-hybridized carbons (Fsp3) is 0.409. The predicted octanol–water partition coefficient (Wildman–Crippen LogP) is 2.78. The molecular formula is C22H28N2O5S. The first-order valence-corrected chi connectivity index (χ1v) is 11.2. The number of piperazine rings is 1. The summed E-state index contributed by atoms with van der Waals surface area (Å²) in [6.45, 7) is 6.68. The van der Waals surface area contributed by atoms with E-state index in [2.05, 4.69) is 0 Å². The molecule has 2 aromatic rings. The molecule has 30 heavy (non-hydrogen) atoms. The van der Waals surface area contributed by atoms with Gasteiger partial charge in [-0.05, 0) is 50.1 Å². The number of amides is 1. The van der Waals surface area contributed by atoms with Crippen molar-refractivity contribution in [1.82, 2.24) is 9.21 Å². The molecule has 0 spiro atoms. The second kappa shape index (κ2) is 8.65. The Morgan fingerprint density at radius 2 is 1.47 bits per heavy atom. The van der Waals surface area contributed by atoms with Crippen LogP contribution in [0, 0.1) is 20.8 Å². The average Bonchev–Trinajstić information content (AvgIpc) is 2.75. The van der Waals surface area contributed by atoms with E-state index in [0.717, 1.165) is 16.7 Å². The van der Waals surface area contributed by atoms with Crippen molar-refractivity contribution in [2.45, 2.75) is 25.7 Å². The number of benzene rings is 2. The number of sulfonamides is 1. The van der Waals surface area contributed by atoms with Gasteiger partial charge in [-0.25, -0.2) is 8.42 Å². The zero-order valence-electron chi connectivity index (χ0n) is 18.1. The third kappa shape index (κ3) is 4.15. The fourth-order valence-corrected chi connectivity index (χ4v) is 5.38. The molecule has 0 aliphatic carbocycles. The Balaban J connectivity index is 1.77. The van der Waals surface area contributed by atoms with Gasteiger partial charge < -0.3 is 14.4 Å². The first-order chi connectivity index (χ1) is 14.2. The minimum atomic E-state index is -3.60. The molecule has 0 radical (unpaired) electrons. The van der Waals surface area contributed by atoms with Gasteiger partial charge in [0.2, 0.25) is 10.0 Å². The van der Waals surface area contributed by atoms with Gasteiger partial charge in [0.05, 0.1) is 19.1 Å². The van der Waals surface area contributed by atoms with Crippen molar-refractivity contribution in [3.8, 4) is 11.5 Å². The maximum atomic E-state index is 13.1. The van der Waals surface area contributed by atoms with E-state index in [4.69, 9.17) is 9.47 Å². The van der Waals surface area contributed by atoms with E-state index in [-0.39, 0.29) is 19.0 Å². The van der Waals surface area contributed by atoms with E-state index in [9.17, 15) is 13.2 Å². The van der Waals surface area contributed by atoms with E-state index >= 15 is 0 Å². The summed E-state index contributed by atoms with van der Waals surface area (Å²) in [4.78, 5) is 15.0. The summed E-state index contributed by atoms with van der Waals surface area (Å²) in [5.74, 6) is 0.984. The highest BCUT2D eigenvalue weighted by molar-refractivity contribution is 7.89. The SMILES string of the molecule is COc1cc(C(=O)N2CCN(S(=O)(=O)c3cc(C)ccc3C)CC2)cc(OC)c1C. The van der Waals surface area contributed by atoms with Crippen molar-refractivity contribution < 1.29 is 22.7 Å². The Morgan fingerprint density at radius 3 is 2.00 bits per heavy atom. The van der Waals surface area contributed by atoms with Crippen LogP contribution in [0.5, 0.6) is 11.5 Å². The monoisotopic (exact) mass is 432 g/mol. The molecular weight excluding hydrogens is 404 g/mol. The van der Waals surface area contributed by atoms with Crippen molar-refractivity contribution in [2.75, 3.05) is 40.4 Å². The molecule has 1 heterocycles. The van der Waals surface area contributed by atoms with Crippen LogP contribution in [0.2, 0.25) is 0 Å². The highest BCUT2D eigenvalue weighted by Crippen LogP contribution is 2.30. The van der Waals surface area contributed by atoms with E-state index in [0.29, 0.717) is 35.0 Å². The molecule has 0 bridgehead atoms. The average molecular weight is 433 g/mol. The summed E-state index contributed by atoms with van der Waals surface area (Å²) < 4.78 is 38.4. The van der Waals surface area contributed by atoms with E-state index in [1.807, 2.05) is 26.0 Å². The number of hydrogen-bond acceptors (Lipinski definition) is 5. The molecule has 0 atom stereocenters. The molecule has 1 fully saturated rings. The number of rotatable bonds is 5. The first kappa shape index (κ1) is 22.1. The van der Waals surface area contributed by atoms with Gasteiger partial charge in [0, 0.05) is 37.3 Å². The molecule has 0 N–H and O–H groups in total. The quantitative estimate of drug-likeness (QED) is 0.726. The van der Waals surface area contributed by atoms with Crippen molar-refractivity contribution in [3.63, 3.8) is 0 Å². The number of hydrogen-bond donors (Lipinski definition) is 0. The maximum Gasteiger partial charge on any atom is 0.254 e. The van der Waals surface area contributed by atoms with Gasteiger partial charge in [-0.3, -0.25) is 4.79 Å². The fourth-order valence-electron chi connectivity index (χ4n) is 3.65. The molecule has 0 saturated carbocycles. The van der Waals surface area contributed by atoms with Crippen LogP contribution in [0.4, 0.5) is 0 Å². The number of aryl methyl sites for hydroxylation is 2. The van der Waals surface area contributed by atoms with Crippen LogP contribution in [-0.4, -0.2) is 63.9 Å². The first-order valence-electron chi connectivity index (χ1n) is 9.78. The molecule has 162 valence electrons. The van der Waals surface area contributed by atoms with Crippen LogP contribution in [0.15, 0.2) is 35.2 Å². The molecule has 0 aromatic heterocycles. The summed E-state index contributed by atoms with van der Waals surface area (Å²) in [6, 6.07) is 8.81. The third-order valence-electron chi connectivity index (χ3n) is 5.49. The Labute approximate surface area is 178 Å². The lowest BCUT2D eigenvalue weighted by molar-refractivity contribution is 0.0697. The number of nitrogens with zero attached hydrogens (tertiary/aromatic N) is 2. The Hall–Kier alpha value is -2.58. The lowest BCUT2D eigenvalue weighted by Crippen LogP contribution is -2.50. The van der Waals surface area contributed by atoms with E-state index < -0.39 is 10.0 Å². The number of ether oxygens (including phenoxy) is 2. The molecule has 2 aromatic carbocycles. The normalized spacial score (nSPS) is 15.2. The van der Waals surface area contributed by atoms with Gasteiger partial charge in [0.15, 0.2) is 0 Å². The van der Waals surface area contributed by atoms with Gasteiger partial charge in [-0.1, -0.05) is 12.1 Å². The van der Waals surface area contributed by atoms with Crippen molar-refractivity contribution in [3.05, 3.63) is 52.6 Å². The van der Waals surface area contributed by atoms with E-state index in [1.54, 1.807) is 44.2 Å². The van der Waals surface area contributed by atoms with Gasteiger partial charge in [-0.15, -0.1) is 0 Å². The zero-order valence-corrected chi connectivity index (χ0v) is 18.9. The highest BCUT2D eigenvalue weighted by atomic mass is 32.2. The summed E-state index contributed by atoms with van der Waals surface area (Å²) in [6.07, 6.45) is 0. The van der Waals surface area contributed by atoms with Crippen LogP contribution in [0.25, 0.3) is 0 Å². The van der Waals surface area contributed by atoms with Crippen molar-refractivity contribution in [2.24, 2.45) is 0 Å². The highest BCUT2D eigenvalue weighted by Gasteiger charge is 2.31. The van der Waals surface area contributed by atoms with E-state index in [1.165, 1.54) is 4.31 Å². The lowest BCUT2D eigenvalue weighted by atomic mass is 10.1. The third-order valence-corrected chi connectivity index (χ3v) is 7.53. The van der Waals surface area contributed by atoms with Gasteiger partial charge >= 0.3 is 0 Å². The van der Waals surface area contributed by atoms with Gasteiger partial charge in [-0.2, -0.15) is 4.31 Å². The molecule has 7 nitrogen and oxygen atoms in total. The van der Waals surface area contributed by atoms with Crippen LogP contribution in [0.3, 0.4) is 0 Å². The molecule has 1 saturated heterocycles. The Morgan fingerprint density at radius 1 is 0.900 bits per heavy atom. The molecule has 1 aliphatic rings. The molecule has 0 unspecified atom stereocenters. The molecule has 8 heteroatoms. The number of carbonyl (C=O) groups is 1. The Kier molecular flexibility index (Phi) is 6.38. The summed E-state index contributed by atoms with van der Waals surface area (Å²) in [7, 11) is -0.503. The minimum Gasteiger partial charge on any atom is -0.496 e. The van der Waals surface area contributed by atoms with Crippen LogP contribution in [0.1, 0.15) is 27.0 Å². The van der Waals surface area contributed by atoms with Gasteiger partial charge in [0.1, 0.15) is 11.5 Å². The van der Waals surface area contributed by atoms with Crippen LogP contribution >= 0.6 is 0 Å². The second-order valence-electron chi connectivity index (χ2n) is 7.47. The number of carbonyl (C=O) groups excluding carboxylic acids is 1. The summed E-state index contributed by atoms with van der Waals surface area (Å²) in [5, 5.41) is 0. The zero-order chi connectivity index (χ0) is 22.1. The molecule has 1 amide bonds.